The van der Waals surface area contributed by atoms with Crippen molar-refractivity contribution in [1.29, 1.82) is 0 Å². The van der Waals surface area contributed by atoms with Crippen molar-refractivity contribution in [2.45, 2.75) is 0 Å². The molecule has 0 aromatic heterocycles. The topological polar surface area (TPSA) is 105 Å². The minimum absolute atomic E-state index is 0. The van der Waals surface area contributed by atoms with Crippen LogP contribution in [0.15, 0.2) is 0 Å². The Labute approximate surface area is 169 Å². The third kappa shape index (κ3) is 5.97. The van der Waals surface area contributed by atoms with Crippen LogP contribution in [0.3, 0.4) is 0 Å². The third-order valence-electron chi connectivity index (χ3n) is 4.80. The van der Waals surface area contributed by atoms with Crippen molar-refractivity contribution in [2.75, 3.05) is 80.0 Å². The Bertz CT molecular complexity index is 391. The number of nitrogens with zero attached hydrogens (tertiary/aromatic N) is 10. The van der Waals surface area contributed by atoms with Crippen LogP contribution < -0.4 is 0 Å². The number of hydrogen-bond donors (Lipinski definition) is 0. The van der Waals surface area contributed by atoms with Gasteiger partial charge in [0.2, 0.25) is 0 Å². The van der Waals surface area contributed by atoms with E-state index in [0.717, 1.165) is 0 Å². The van der Waals surface area contributed by atoms with E-state index in [2.05, 4.69) is 39.2 Å². The molecule has 8 fully saturated rings. The zero-order chi connectivity index (χ0) is 18.5. The van der Waals surface area contributed by atoms with Crippen molar-refractivity contribution < 1.29 is 26.7 Å². The Balaban J connectivity index is 0.000000147. The summed E-state index contributed by atoms with van der Waals surface area (Å²) in [7, 11) is 0. The molecular formula is C14H24CuN10O2-2. The van der Waals surface area contributed by atoms with E-state index in [1.54, 1.807) is 0 Å². The van der Waals surface area contributed by atoms with Crippen LogP contribution in [0.4, 0.5) is 0 Å². The van der Waals surface area contributed by atoms with Gasteiger partial charge in [0.25, 0.3) is 0 Å². The zero-order valence-corrected chi connectivity index (χ0v) is 16.0. The van der Waals surface area contributed by atoms with E-state index in [1.165, 1.54) is 80.0 Å². The molecule has 8 bridgehead atoms. The van der Waals surface area contributed by atoms with Crippen LogP contribution in [0.25, 0.3) is 10.8 Å². The maximum absolute atomic E-state index is 8.24. The summed E-state index contributed by atoms with van der Waals surface area (Å²) >= 11 is 0. The molecule has 0 aromatic carbocycles. The third-order valence-corrected chi connectivity index (χ3v) is 4.80. The molecule has 155 valence electrons. The first-order chi connectivity index (χ1) is 12.6. The van der Waals surface area contributed by atoms with Crippen molar-refractivity contribution >= 4 is 12.2 Å². The molecule has 8 rings (SSSR count). The van der Waals surface area contributed by atoms with Crippen LogP contribution in [-0.2, 0) is 26.7 Å². The number of hydrogen-bond acceptors (Lipinski definition) is 10. The fourth-order valence-electron chi connectivity index (χ4n) is 4.47. The molecule has 27 heavy (non-hydrogen) atoms. The monoisotopic (exact) mass is 427 g/mol. The Kier molecular flexibility index (Phi) is 8.64. The first-order valence-corrected chi connectivity index (χ1v) is 8.44. The van der Waals surface area contributed by atoms with Crippen LogP contribution >= 0.6 is 0 Å². The van der Waals surface area contributed by atoms with Crippen molar-refractivity contribution in [3.63, 3.8) is 0 Å². The molecule has 12 nitrogen and oxygen atoms in total. The molecule has 0 spiro atoms. The van der Waals surface area contributed by atoms with Crippen molar-refractivity contribution in [1.82, 2.24) is 39.2 Å². The molecule has 8 heterocycles. The second-order valence-corrected chi connectivity index (χ2v) is 7.25. The summed E-state index contributed by atoms with van der Waals surface area (Å²) in [4.78, 5) is 36.2. The van der Waals surface area contributed by atoms with Crippen LogP contribution in [0.2, 0.25) is 0 Å². The number of rotatable bonds is 0. The summed E-state index contributed by atoms with van der Waals surface area (Å²) in [6.07, 6.45) is 1.00. The Morgan fingerprint density at radius 2 is 0.481 bits per heavy atom. The second-order valence-electron chi connectivity index (χ2n) is 7.25. The van der Waals surface area contributed by atoms with E-state index in [1.807, 2.05) is 0 Å². The number of carbonyl (C=O) groups excluding carboxylic acids is 2. The van der Waals surface area contributed by atoms with Crippen molar-refractivity contribution in [2.24, 2.45) is 0 Å². The quantitative estimate of drug-likeness (QED) is 0.239. The van der Waals surface area contributed by atoms with E-state index in [-0.39, 0.29) is 17.1 Å². The van der Waals surface area contributed by atoms with Crippen molar-refractivity contribution in [3.8, 4) is 0 Å². The summed E-state index contributed by atoms with van der Waals surface area (Å²) in [6.45, 7) is 14.2. The molecule has 13 heteroatoms. The Hall–Kier alpha value is -1.04. The molecule has 0 atom stereocenters. The van der Waals surface area contributed by atoms with E-state index in [4.69, 9.17) is 20.4 Å². The summed E-state index contributed by atoms with van der Waals surface area (Å²) in [5.41, 5.74) is 0. The predicted molar refractivity (Wildman–Crippen MR) is 91.2 cm³/mol. The smallest absolute Gasteiger partial charge is 0.0555 e. The first kappa shape index (κ1) is 22.3. The SMILES string of the molecule is C1N2CN3CN1CN(C2)C3.C1N2CN3CN1CN(C2)C3.[Cu].[N-]=C=O.[N-]=C=O. The number of isocyanates is 2. The molecule has 0 aliphatic carbocycles. The van der Waals surface area contributed by atoms with Gasteiger partial charge in [-0.25, -0.2) is 0 Å². The van der Waals surface area contributed by atoms with Gasteiger partial charge in [0, 0.05) is 17.1 Å². The minimum Gasteiger partial charge on any atom is -0.724 e. The van der Waals surface area contributed by atoms with E-state index in [0.29, 0.717) is 12.2 Å². The van der Waals surface area contributed by atoms with Gasteiger partial charge in [-0.3, -0.25) is 48.8 Å². The summed E-state index contributed by atoms with van der Waals surface area (Å²) < 4.78 is 0. The van der Waals surface area contributed by atoms with E-state index in [9.17, 15) is 0 Å². The summed E-state index contributed by atoms with van der Waals surface area (Å²) in [5, 5.41) is 13.5. The molecule has 8 aliphatic rings. The first-order valence-electron chi connectivity index (χ1n) is 8.44. The fourth-order valence-corrected chi connectivity index (χ4v) is 4.47. The molecule has 0 N–H and O–H groups in total. The van der Waals surface area contributed by atoms with Gasteiger partial charge in [-0.2, -0.15) is 0 Å². The van der Waals surface area contributed by atoms with Gasteiger partial charge in [-0.05, 0) is 12.2 Å². The van der Waals surface area contributed by atoms with E-state index < -0.39 is 0 Å². The normalized spacial score (nSPS) is 43.3. The largest absolute Gasteiger partial charge is 0.724 e. The molecular weight excluding hydrogens is 404 g/mol. The summed E-state index contributed by atoms with van der Waals surface area (Å²) in [5.74, 6) is 0. The van der Waals surface area contributed by atoms with Gasteiger partial charge < -0.3 is 10.8 Å². The molecule has 0 saturated carbocycles. The molecule has 0 unspecified atom stereocenters. The van der Waals surface area contributed by atoms with E-state index >= 15 is 0 Å². The maximum atomic E-state index is 8.24. The van der Waals surface area contributed by atoms with Gasteiger partial charge in [-0.15, -0.1) is 0 Å². The molecule has 0 aromatic rings. The maximum Gasteiger partial charge on any atom is 0.0555 e. The molecule has 8 aliphatic heterocycles. The van der Waals surface area contributed by atoms with Crippen LogP contribution in [0.1, 0.15) is 0 Å². The van der Waals surface area contributed by atoms with Gasteiger partial charge in [0.05, 0.1) is 80.0 Å². The average molecular weight is 428 g/mol. The van der Waals surface area contributed by atoms with Crippen LogP contribution in [0.5, 0.6) is 0 Å². The minimum atomic E-state index is 0. The molecule has 1 radical (unpaired) electrons. The van der Waals surface area contributed by atoms with Gasteiger partial charge in [-0.1, -0.05) is 0 Å². The summed E-state index contributed by atoms with van der Waals surface area (Å²) in [6, 6.07) is 0. The second kappa shape index (κ2) is 10.5. The standard InChI is InChI=1S/2C6H12N4.2CNO.Cu/c2*1-7-2-9-4-8(1)5-10(3-7)6-9;2*2-1-3;/h2*1-6H2;;;/q;;2*-1;. The Morgan fingerprint density at radius 1 is 0.407 bits per heavy atom. The fraction of sp³-hybridized carbons (Fsp3) is 0.857. The van der Waals surface area contributed by atoms with Crippen LogP contribution in [0, 0.1) is 0 Å². The van der Waals surface area contributed by atoms with Gasteiger partial charge in [0.15, 0.2) is 0 Å². The molecule has 8 saturated heterocycles. The Morgan fingerprint density at radius 3 is 0.556 bits per heavy atom. The average Bonchev–Trinajstić information content (AvgIpc) is 2.54. The van der Waals surface area contributed by atoms with Gasteiger partial charge >= 0.3 is 0 Å². The zero-order valence-electron chi connectivity index (χ0n) is 15.1. The van der Waals surface area contributed by atoms with Crippen LogP contribution in [-0.4, -0.2) is 131 Å². The predicted octanol–water partition coefficient (Wildman–Crippen LogP) is -2.26. The van der Waals surface area contributed by atoms with Crippen molar-refractivity contribution in [3.05, 3.63) is 10.8 Å². The molecule has 0 amide bonds. The van der Waals surface area contributed by atoms with Gasteiger partial charge in [0.1, 0.15) is 0 Å².